The van der Waals surface area contributed by atoms with Crippen LogP contribution in [0, 0.1) is 0 Å². The number of hydrogen-bond acceptors (Lipinski definition) is 5. The average molecular weight is 346 g/mol. The Kier molecular flexibility index (Phi) is 4.44. The van der Waals surface area contributed by atoms with E-state index in [9.17, 15) is 0 Å². The molecule has 100 valence electrons. The van der Waals surface area contributed by atoms with Crippen LogP contribution in [0.25, 0.3) is 0 Å². The van der Waals surface area contributed by atoms with Gasteiger partial charge in [-0.1, -0.05) is 11.6 Å². The van der Waals surface area contributed by atoms with Crippen molar-refractivity contribution in [3.05, 3.63) is 34.2 Å². The fourth-order valence-electron chi connectivity index (χ4n) is 1.36. The van der Waals surface area contributed by atoms with Crippen molar-refractivity contribution in [1.29, 1.82) is 0 Å². The van der Waals surface area contributed by atoms with Crippen molar-refractivity contribution in [2.24, 2.45) is 0 Å². The van der Waals surface area contributed by atoms with E-state index in [1.807, 2.05) is 0 Å². The Morgan fingerprint density at radius 2 is 1.58 bits per heavy atom. The van der Waals surface area contributed by atoms with Crippen LogP contribution >= 0.6 is 27.5 Å². The number of halogens is 2. The van der Waals surface area contributed by atoms with Gasteiger partial charge in [0.2, 0.25) is 5.88 Å². The summed E-state index contributed by atoms with van der Waals surface area (Å²) in [7, 11) is 3.13. The molecule has 1 aromatic carbocycles. The molecule has 0 aliphatic carbocycles. The lowest BCUT2D eigenvalue weighted by Crippen LogP contribution is -1.93. The number of nitrogens with zero attached hydrogens (tertiary/aromatic N) is 2. The first kappa shape index (κ1) is 13.9. The third-order valence-electron chi connectivity index (χ3n) is 2.25. The normalized spacial score (nSPS) is 10.1. The summed E-state index contributed by atoms with van der Waals surface area (Å²) < 4.78 is 16.4. The van der Waals surface area contributed by atoms with Crippen LogP contribution in [0.5, 0.6) is 23.1 Å². The van der Waals surface area contributed by atoms with Crippen LogP contribution in [0.1, 0.15) is 0 Å². The van der Waals surface area contributed by atoms with Gasteiger partial charge < -0.3 is 14.2 Å². The molecule has 2 aromatic rings. The minimum absolute atomic E-state index is 0.278. The van der Waals surface area contributed by atoms with Gasteiger partial charge in [0.25, 0.3) is 0 Å². The topological polar surface area (TPSA) is 53.5 Å². The number of ether oxygens (including phenoxy) is 3. The Hall–Kier alpha value is -1.53. The zero-order valence-corrected chi connectivity index (χ0v) is 12.5. The smallest absolute Gasteiger partial charge is 0.238 e. The summed E-state index contributed by atoms with van der Waals surface area (Å²) in [5, 5.41) is 0.278. The molecule has 0 amide bonds. The molecule has 1 aromatic heterocycles. The zero-order chi connectivity index (χ0) is 13.8. The molecule has 0 N–H and O–H groups in total. The zero-order valence-electron chi connectivity index (χ0n) is 10.2. The number of rotatable bonds is 4. The first-order chi connectivity index (χ1) is 9.13. The van der Waals surface area contributed by atoms with Gasteiger partial charge in [0.15, 0.2) is 5.15 Å². The highest BCUT2D eigenvalue weighted by Gasteiger charge is 2.10. The summed E-state index contributed by atoms with van der Waals surface area (Å²) in [5.41, 5.74) is 0. The molecule has 5 nitrogen and oxygen atoms in total. The summed E-state index contributed by atoms with van der Waals surface area (Å²) in [6.45, 7) is 0. The van der Waals surface area contributed by atoms with Gasteiger partial charge in [0, 0.05) is 18.2 Å². The lowest BCUT2D eigenvalue weighted by Gasteiger charge is -2.10. The summed E-state index contributed by atoms with van der Waals surface area (Å²) in [6.07, 6.45) is 1.32. The maximum absolute atomic E-state index is 5.87. The standard InChI is InChI=1S/C12H10BrClN2O3/c1-17-7-3-8(18-2)5-9(4-7)19-12-10(13)11(14)15-6-16-12/h3-6H,1-2H3. The second kappa shape index (κ2) is 6.08. The molecule has 0 saturated heterocycles. The Morgan fingerprint density at radius 1 is 1.00 bits per heavy atom. The monoisotopic (exact) mass is 344 g/mol. The summed E-state index contributed by atoms with van der Waals surface area (Å²) in [6, 6.07) is 5.17. The Labute approximate surface area is 123 Å². The SMILES string of the molecule is COc1cc(OC)cc(Oc2ncnc(Cl)c2Br)c1. The summed E-state index contributed by atoms with van der Waals surface area (Å²) in [4.78, 5) is 7.83. The average Bonchev–Trinajstić information content (AvgIpc) is 2.43. The van der Waals surface area contributed by atoms with Gasteiger partial charge in [-0.25, -0.2) is 9.97 Å². The van der Waals surface area contributed by atoms with Crippen molar-refractivity contribution in [2.45, 2.75) is 0 Å². The molecule has 0 aliphatic rings. The quantitative estimate of drug-likeness (QED) is 0.791. The first-order valence-electron chi connectivity index (χ1n) is 5.21. The molecule has 0 spiro atoms. The van der Waals surface area contributed by atoms with Crippen molar-refractivity contribution >= 4 is 27.5 Å². The van der Waals surface area contributed by atoms with Gasteiger partial charge in [-0.15, -0.1) is 0 Å². The van der Waals surface area contributed by atoms with Crippen LogP contribution < -0.4 is 14.2 Å². The van der Waals surface area contributed by atoms with Gasteiger partial charge in [0.05, 0.1) is 14.2 Å². The molecule has 0 radical (unpaired) electrons. The van der Waals surface area contributed by atoms with Crippen LogP contribution in [0.3, 0.4) is 0 Å². The second-order valence-corrected chi connectivity index (χ2v) is 4.59. The molecular weight excluding hydrogens is 336 g/mol. The number of aromatic nitrogens is 2. The van der Waals surface area contributed by atoms with E-state index in [1.165, 1.54) is 6.33 Å². The second-order valence-electron chi connectivity index (χ2n) is 3.43. The minimum Gasteiger partial charge on any atom is -0.496 e. The maximum Gasteiger partial charge on any atom is 0.238 e. The minimum atomic E-state index is 0.278. The van der Waals surface area contributed by atoms with Crippen molar-refractivity contribution in [1.82, 2.24) is 9.97 Å². The molecule has 1 heterocycles. The van der Waals surface area contributed by atoms with Gasteiger partial charge in [-0.3, -0.25) is 0 Å². The molecule has 0 fully saturated rings. The molecule has 0 saturated carbocycles. The lowest BCUT2D eigenvalue weighted by atomic mass is 10.3. The van der Waals surface area contributed by atoms with Crippen molar-refractivity contribution in [3.63, 3.8) is 0 Å². The van der Waals surface area contributed by atoms with Crippen LogP contribution in [0.4, 0.5) is 0 Å². The molecule has 0 unspecified atom stereocenters. The number of methoxy groups -OCH3 is 2. The van der Waals surface area contributed by atoms with Gasteiger partial charge >= 0.3 is 0 Å². The van der Waals surface area contributed by atoms with Gasteiger partial charge in [0.1, 0.15) is 28.0 Å². The third-order valence-corrected chi connectivity index (χ3v) is 3.48. The van der Waals surface area contributed by atoms with E-state index < -0.39 is 0 Å². The highest BCUT2D eigenvalue weighted by atomic mass is 79.9. The maximum atomic E-state index is 5.87. The van der Waals surface area contributed by atoms with E-state index in [0.717, 1.165) is 0 Å². The van der Waals surface area contributed by atoms with Gasteiger partial charge in [-0.05, 0) is 15.9 Å². The van der Waals surface area contributed by atoms with Crippen LogP contribution in [-0.4, -0.2) is 24.2 Å². The predicted octanol–water partition coefficient (Wildman–Crippen LogP) is 3.70. The number of benzene rings is 1. The predicted molar refractivity (Wildman–Crippen MR) is 74.4 cm³/mol. The molecule has 0 aliphatic heterocycles. The van der Waals surface area contributed by atoms with Crippen molar-refractivity contribution in [2.75, 3.05) is 14.2 Å². The lowest BCUT2D eigenvalue weighted by molar-refractivity contribution is 0.384. The van der Waals surface area contributed by atoms with E-state index >= 15 is 0 Å². The fraction of sp³-hybridized carbons (Fsp3) is 0.167. The molecule has 19 heavy (non-hydrogen) atoms. The van der Waals surface area contributed by atoms with E-state index in [4.69, 9.17) is 25.8 Å². The molecule has 2 rings (SSSR count). The van der Waals surface area contributed by atoms with Crippen molar-refractivity contribution < 1.29 is 14.2 Å². The fourth-order valence-corrected chi connectivity index (χ4v) is 1.77. The van der Waals surface area contributed by atoms with E-state index in [1.54, 1.807) is 32.4 Å². The van der Waals surface area contributed by atoms with Crippen LogP contribution in [-0.2, 0) is 0 Å². The molecule has 7 heteroatoms. The van der Waals surface area contributed by atoms with E-state index in [0.29, 0.717) is 27.6 Å². The van der Waals surface area contributed by atoms with Crippen molar-refractivity contribution in [3.8, 4) is 23.1 Å². The van der Waals surface area contributed by atoms with Gasteiger partial charge in [-0.2, -0.15) is 0 Å². The molecule has 0 atom stereocenters. The highest BCUT2D eigenvalue weighted by Crippen LogP contribution is 2.34. The van der Waals surface area contributed by atoms with E-state index in [2.05, 4.69) is 25.9 Å². The third kappa shape index (κ3) is 3.27. The Balaban J connectivity index is 2.34. The van der Waals surface area contributed by atoms with Crippen LogP contribution in [0.2, 0.25) is 5.15 Å². The largest absolute Gasteiger partial charge is 0.496 e. The molecular formula is C12H10BrClN2O3. The Bertz CT molecular complexity index is 573. The van der Waals surface area contributed by atoms with E-state index in [-0.39, 0.29) is 5.15 Å². The summed E-state index contributed by atoms with van der Waals surface area (Å²) in [5.74, 6) is 2.07. The molecule has 0 bridgehead atoms. The van der Waals surface area contributed by atoms with Crippen LogP contribution in [0.15, 0.2) is 29.0 Å². The summed E-state index contributed by atoms with van der Waals surface area (Å²) >= 11 is 9.13. The highest BCUT2D eigenvalue weighted by molar-refractivity contribution is 9.10. The Morgan fingerprint density at radius 3 is 2.16 bits per heavy atom. The first-order valence-corrected chi connectivity index (χ1v) is 6.38. The number of hydrogen-bond donors (Lipinski definition) is 0.